The van der Waals surface area contributed by atoms with Crippen molar-refractivity contribution in [3.8, 4) is 5.69 Å². The first-order valence-electron chi connectivity index (χ1n) is 10.1. The second-order valence-electron chi connectivity index (χ2n) is 8.04. The molecule has 32 heavy (non-hydrogen) atoms. The second-order valence-corrected chi connectivity index (χ2v) is 8.04. The maximum atomic E-state index is 14.1. The molecule has 1 aromatic carbocycles. The van der Waals surface area contributed by atoms with E-state index in [0.29, 0.717) is 32.5 Å². The molecular weight excluding hydrogens is 419 g/mol. The van der Waals surface area contributed by atoms with E-state index in [1.165, 1.54) is 29.3 Å². The summed E-state index contributed by atoms with van der Waals surface area (Å²) in [7, 11) is 0. The van der Waals surface area contributed by atoms with Gasteiger partial charge in [0.25, 0.3) is 0 Å². The molecule has 11 heteroatoms. The lowest BCUT2D eigenvalue weighted by atomic mass is 10.1. The Balaban J connectivity index is 1.64. The van der Waals surface area contributed by atoms with E-state index in [9.17, 15) is 23.6 Å². The molecule has 1 aromatic heterocycles. The van der Waals surface area contributed by atoms with E-state index in [0.717, 1.165) is 10.6 Å². The average molecular weight is 444 g/mol. The number of piperazine rings is 1. The predicted octanol–water partition coefficient (Wildman–Crippen LogP) is 0.526. The van der Waals surface area contributed by atoms with Gasteiger partial charge in [-0.3, -0.25) is 14.7 Å². The molecule has 3 rings (SSSR count). The zero-order valence-corrected chi connectivity index (χ0v) is 17.9. The number of carbonyl (C=O) groups is 3. The van der Waals surface area contributed by atoms with Gasteiger partial charge in [-0.15, -0.1) is 0 Å². The number of halogens is 1. The molecule has 0 unspecified atom stereocenters. The molecule has 1 fully saturated rings. The Hall–Kier alpha value is -3.60. The largest absolute Gasteiger partial charge is 0.354 e. The molecule has 170 valence electrons. The topological polar surface area (TPSA) is 131 Å². The van der Waals surface area contributed by atoms with Crippen molar-refractivity contribution in [2.45, 2.75) is 25.8 Å². The summed E-state index contributed by atoms with van der Waals surface area (Å²) in [6.45, 7) is 4.61. The van der Waals surface area contributed by atoms with Crippen molar-refractivity contribution < 1.29 is 18.8 Å². The number of carbonyl (C=O) groups excluding carboxylic acids is 3. The summed E-state index contributed by atoms with van der Waals surface area (Å²) in [4.78, 5) is 54.7. The van der Waals surface area contributed by atoms with Gasteiger partial charge in [0.05, 0.1) is 11.2 Å². The Bertz CT molecular complexity index is 1090. The number of aromatic nitrogens is 2. The molecule has 2 aromatic rings. The van der Waals surface area contributed by atoms with Crippen LogP contribution in [0.25, 0.3) is 5.69 Å². The number of nitrogens with zero attached hydrogens (tertiary/aromatic N) is 4. The van der Waals surface area contributed by atoms with Gasteiger partial charge in [0.15, 0.2) is 0 Å². The number of nitrogens with one attached hydrogen (secondary N) is 1. The Morgan fingerprint density at radius 3 is 2.41 bits per heavy atom. The van der Waals surface area contributed by atoms with Crippen molar-refractivity contribution in [1.29, 1.82) is 0 Å². The van der Waals surface area contributed by atoms with Crippen molar-refractivity contribution in [2.24, 2.45) is 5.73 Å². The summed E-state index contributed by atoms with van der Waals surface area (Å²) in [6, 6.07) is 5.05. The number of nitrogens with two attached hydrogens (primary N) is 1. The van der Waals surface area contributed by atoms with E-state index >= 15 is 0 Å². The van der Waals surface area contributed by atoms with Gasteiger partial charge in [-0.2, -0.15) is 4.98 Å². The van der Waals surface area contributed by atoms with Crippen LogP contribution in [0, 0.1) is 5.82 Å². The Labute approximate surface area is 183 Å². The summed E-state index contributed by atoms with van der Waals surface area (Å²) in [6.07, 6.45) is 1.91. The summed E-state index contributed by atoms with van der Waals surface area (Å²) in [5.41, 5.74) is 4.64. The molecule has 0 bridgehead atoms. The number of hydrogen-bond acceptors (Lipinski definition) is 6. The van der Waals surface area contributed by atoms with Gasteiger partial charge in [-0.05, 0) is 37.6 Å². The van der Waals surface area contributed by atoms with Crippen LogP contribution in [0.4, 0.5) is 15.0 Å². The lowest BCUT2D eigenvalue weighted by Crippen LogP contribution is -2.58. The van der Waals surface area contributed by atoms with E-state index < -0.39 is 23.1 Å². The van der Waals surface area contributed by atoms with E-state index in [1.807, 2.05) is 0 Å². The highest BCUT2D eigenvalue weighted by atomic mass is 19.1. The first kappa shape index (κ1) is 23.1. The summed E-state index contributed by atoms with van der Waals surface area (Å²) >= 11 is 0. The van der Waals surface area contributed by atoms with Crippen LogP contribution < -0.4 is 16.7 Å². The lowest BCUT2D eigenvalue weighted by molar-refractivity contribution is -0.137. The minimum Gasteiger partial charge on any atom is -0.338 e. The van der Waals surface area contributed by atoms with Crippen LogP contribution in [-0.4, -0.2) is 69.3 Å². The van der Waals surface area contributed by atoms with Crippen molar-refractivity contribution in [3.05, 3.63) is 52.3 Å². The van der Waals surface area contributed by atoms with Crippen LogP contribution >= 0.6 is 0 Å². The summed E-state index contributed by atoms with van der Waals surface area (Å²) < 4.78 is 15.2. The molecule has 2 heterocycles. The molecule has 1 saturated heterocycles. The fourth-order valence-corrected chi connectivity index (χ4v) is 3.32. The minimum atomic E-state index is -0.976. The molecule has 10 nitrogen and oxygen atoms in total. The van der Waals surface area contributed by atoms with E-state index in [2.05, 4.69) is 10.3 Å². The van der Waals surface area contributed by atoms with Crippen LogP contribution in [0.5, 0.6) is 0 Å². The molecule has 1 aliphatic heterocycles. The third-order valence-corrected chi connectivity index (χ3v) is 5.06. The lowest BCUT2D eigenvalue weighted by Gasteiger charge is -2.37. The summed E-state index contributed by atoms with van der Waals surface area (Å²) in [5.74, 6) is -0.733. The third kappa shape index (κ3) is 5.17. The zero-order chi connectivity index (χ0) is 23.5. The van der Waals surface area contributed by atoms with Gasteiger partial charge < -0.3 is 20.3 Å². The fourth-order valence-electron chi connectivity index (χ4n) is 3.32. The number of urea groups is 1. The van der Waals surface area contributed by atoms with Gasteiger partial charge in [-0.1, -0.05) is 6.07 Å². The highest BCUT2D eigenvalue weighted by molar-refractivity contribution is 5.89. The monoisotopic (exact) mass is 444 g/mol. The van der Waals surface area contributed by atoms with Crippen LogP contribution in [-0.2, 0) is 16.0 Å². The Morgan fingerprint density at radius 1 is 1.19 bits per heavy atom. The normalized spacial score (nSPS) is 14.2. The maximum Gasteiger partial charge on any atom is 0.354 e. The molecule has 0 saturated carbocycles. The van der Waals surface area contributed by atoms with Crippen LogP contribution in [0.3, 0.4) is 0 Å². The van der Waals surface area contributed by atoms with Gasteiger partial charge in [-0.25, -0.2) is 14.0 Å². The first-order valence-corrected chi connectivity index (χ1v) is 10.1. The van der Waals surface area contributed by atoms with Gasteiger partial charge in [0.2, 0.25) is 5.91 Å². The van der Waals surface area contributed by atoms with E-state index in [4.69, 9.17) is 5.73 Å². The smallest absolute Gasteiger partial charge is 0.338 e. The van der Waals surface area contributed by atoms with E-state index in [-0.39, 0.29) is 29.4 Å². The highest BCUT2D eigenvalue weighted by Gasteiger charge is 2.31. The van der Waals surface area contributed by atoms with E-state index in [1.54, 1.807) is 18.7 Å². The molecule has 3 amide bonds. The maximum absolute atomic E-state index is 14.1. The van der Waals surface area contributed by atoms with Crippen LogP contribution in [0.1, 0.15) is 19.4 Å². The fraction of sp³-hybridized carbons (Fsp3) is 0.381. The van der Waals surface area contributed by atoms with Crippen molar-refractivity contribution in [2.75, 3.05) is 31.5 Å². The van der Waals surface area contributed by atoms with Crippen LogP contribution in [0.15, 0.2) is 35.3 Å². The first-order chi connectivity index (χ1) is 15.1. The molecule has 0 radical (unpaired) electrons. The molecular formula is C21H25FN6O4. The Morgan fingerprint density at radius 2 is 1.84 bits per heavy atom. The second kappa shape index (κ2) is 9.27. The number of aldehydes is 1. The van der Waals surface area contributed by atoms with Crippen molar-refractivity contribution >= 4 is 24.0 Å². The number of hydrogen-bond donors (Lipinski definition) is 2. The molecule has 3 N–H and O–H groups in total. The standard InChI is InChI=1S/C21H25FN6O4/c1-21(2,23)18(30)26-8-10-27(11-9-26)19(31)24-17-5-7-28(20(32)25-17)15-4-3-14(6-12-29)16(22)13-15/h3-5,7,12-13H,6,8-11,23H2,1-2H3,(H,24,25,31,32). The molecule has 0 atom stereocenters. The highest BCUT2D eigenvalue weighted by Crippen LogP contribution is 2.14. The number of anilines is 1. The number of benzene rings is 1. The van der Waals surface area contributed by atoms with Gasteiger partial charge in [0, 0.05) is 38.8 Å². The molecule has 0 aliphatic carbocycles. The van der Waals surface area contributed by atoms with Crippen molar-refractivity contribution in [1.82, 2.24) is 19.4 Å². The van der Waals surface area contributed by atoms with Crippen LogP contribution in [0.2, 0.25) is 0 Å². The van der Waals surface area contributed by atoms with Gasteiger partial charge in [0.1, 0.15) is 17.9 Å². The van der Waals surface area contributed by atoms with Gasteiger partial charge >= 0.3 is 11.7 Å². The van der Waals surface area contributed by atoms with Crippen molar-refractivity contribution in [3.63, 3.8) is 0 Å². The molecule has 1 aliphatic rings. The minimum absolute atomic E-state index is 0.0518. The SMILES string of the molecule is CC(C)(N)C(=O)N1CCN(C(=O)Nc2ccn(-c3ccc(CC=O)c(F)c3)c(=O)n2)CC1. The summed E-state index contributed by atoms with van der Waals surface area (Å²) in [5, 5.41) is 2.56. The number of amides is 3. The average Bonchev–Trinajstić information content (AvgIpc) is 2.74. The molecule has 0 spiro atoms. The Kier molecular flexibility index (Phi) is 6.68. The third-order valence-electron chi connectivity index (χ3n) is 5.06. The number of rotatable bonds is 5. The zero-order valence-electron chi connectivity index (χ0n) is 17.9. The quantitative estimate of drug-likeness (QED) is 0.647. The predicted molar refractivity (Wildman–Crippen MR) is 115 cm³/mol.